The molecule has 5 atom stereocenters. The van der Waals surface area contributed by atoms with Crippen LogP contribution in [0.2, 0.25) is 0 Å². The Kier molecular flexibility index (Phi) is 4.82. The molecule has 0 spiro atoms. The SMILES string of the molecule is C=CCOc1ccc(C)c2c1[C@H]1CC[C@]3(C)[C@@H](C(=O)OC)CC[C@H]3[C@@H]1CC2. The number of ether oxygens (including phenoxy) is 2. The molecule has 0 aromatic heterocycles. The van der Waals surface area contributed by atoms with Crippen molar-refractivity contribution in [2.45, 2.75) is 58.3 Å². The van der Waals surface area contributed by atoms with E-state index >= 15 is 0 Å². The Hall–Kier alpha value is -1.77. The number of carbonyl (C=O) groups is 1. The molecule has 0 N–H and O–H groups in total. The minimum Gasteiger partial charge on any atom is -0.489 e. The van der Waals surface area contributed by atoms with E-state index in [2.05, 4.69) is 32.6 Å². The molecule has 0 aliphatic heterocycles. The first-order valence-corrected chi connectivity index (χ1v) is 10.4. The molecule has 27 heavy (non-hydrogen) atoms. The average molecular weight is 369 g/mol. The monoisotopic (exact) mass is 368 g/mol. The number of hydrogen-bond donors (Lipinski definition) is 0. The van der Waals surface area contributed by atoms with Crippen molar-refractivity contribution < 1.29 is 14.3 Å². The number of carbonyl (C=O) groups excluding carboxylic acids is 1. The number of hydrogen-bond acceptors (Lipinski definition) is 3. The van der Waals surface area contributed by atoms with E-state index in [9.17, 15) is 4.79 Å². The van der Waals surface area contributed by atoms with Crippen molar-refractivity contribution in [3.05, 3.63) is 41.5 Å². The summed E-state index contributed by atoms with van der Waals surface area (Å²) in [6.45, 7) is 8.94. The van der Waals surface area contributed by atoms with Gasteiger partial charge in [-0.25, -0.2) is 0 Å². The molecule has 0 amide bonds. The standard InChI is InChI=1S/C24H32O3/c1-5-14-27-21-11-6-15(2)16-7-8-17-18(22(16)21)12-13-24(3)19(17)9-10-20(24)23(25)26-4/h5-6,11,17-20H,1,7-10,12-14H2,2-4H3/t17-,18+,19+,20-,24+/m1/s1. The molecule has 0 heterocycles. The molecule has 2 saturated carbocycles. The van der Waals surface area contributed by atoms with Gasteiger partial charge in [-0.15, -0.1) is 0 Å². The minimum absolute atomic E-state index is 0.000472. The first kappa shape index (κ1) is 18.6. The second-order valence-electron chi connectivity index (χ2n) is 8.99. The summed E-state index contributed by atoms with van der Waals surface area (Å²) >= 11 is 0. The van der Waals surface area contributed by atoms with E-state index in [1.165, 1.54) is 30.2 Å². The highest BCUT2D eigenvalue weighted by Crippen LogP contribution is 2.64. The Morgan fingerprint density at radius 3 is 2.85 bits per heavy atom. The topological polar surface area (TPSA) is 35.5 Å². The lowest BCUT2D eigenvalue weighted by atomic mass is 9.54. The van der Waals surface area contributed by atoms with E-state index < -0.39 is 0 Å². The summed E-state index contributed by atoms with van der Waals surface area (Å²) in [4.78, 5) is 12.4. The number of fused-ring (bicyclic) bond motifs is 5. The highest BCUT2D eigenvalue weighted by molar-refractivity contribution is 5.74. The van der Waals surface area contributed by atoms with E-state index in [-0.39, 0.29) is 17.3 Å². The number of benzene rings is 1. The summed E-state index contributed by atoms with van der Waals surface area (Å²) in [6, 6.07) is 4.35. The van der Waals surface area contributed by atoms with E-state index in [4.69, 9.17) is 9.47 Å². The van der Waals surface area contributed by atoms with Gasteiger partial charge in [-0.3, -0.25) is 4.79 Å². The maximum Gasteiger partial charge on any atom is 0.309 e. The van der Waals surface area contributed by atoms with Gasteiger partial charge < -0.3 is 9.47 Å². The molecule has 2 fully saturated rings. The van der Waals surface area contributed by atoms with Crippen LogP contribution in [0, 0.1) is 30.1 Å². The molecular weight excluding hydrogens is 336 g/mol. The fraction of sp³-hybridized carbons (Fsp3) is 0.625. The second kappa shape index (κ2) is 7.00. The van der Waals surface area contributed by atoms with Crippen molar-refractivity contribution in [2.24, 2.45) is 23.2 Å². The third-order valence-electron chi connectivity index (χ3n) is 7.93. The van der Waals surface area contributed by atoms with Gasteiger partial charge >= 0.3 is 5.97 Å². The van der Waals surface area contributed by atoms with Crippen LogP contribution in [0.25, 0.3) is 0 Å². The lowest BCUT2D eigenvalue weighted by molar-refractivity contribution is -0.151. The molecule has 4 rings (SSSR count). The number of aryl methyl sites for hydroxylation is 1. The molecule has 0 unspecified atom stereocenters. The summed E-state index contributed by atoms with van der Waals surface area (Å²) in [5.74, 6) is 2.95. The van der Waals surface area contributed by atoms with E-state index in [0.29, 0.717) is 24.4 Å². The van der Waals surface area contributed by atoms with Crippen molar-refractivity contribution in [1.29, 1.82) is 0 Å². The first-order valence-electron chi connectivity index (χ1n) is 10.4. The van der Waals surface area contributed by atoms with Gasteiger partial charge in [0.05, 0.1) is 13.0 Å². The molecule has 3 heteroatoms. The third-order valence-corrected chi connectivity index (χ3v) is 7.93. The number of esters is 1. The first-order chi connectivity index (χ1) is 13.0. The highest BCUT2D eigenvalue weighted by atomic mass is 16.5. The molecule has 3 aliphatic rings. The van der Waals surface area contributed by atoms with Crippen molar-refractivity contribution in [1.82, 2.24) is 0 Å². The smallest absolute Gasteiger partial charge is 0.309 e. The van der Waals surface area contributed by atoms with Gasteiger partial charge in [-0.1, -0.05) is 25.6 Å². The van der Waals surface area contributed by atoms with Gasteiger partial charge in [0.2, 0.25) is 0 Å². The van der Waals surface area contributed by atoms with Crippen LogP contribution in [0.1, 0.15) is 61.6 Å². The third kappa shape index (κ3) is 2.81. The highest BCUT2D eigenvalue weighted by Gasteiger charge is 2.57. The average Bonchev–Trinajstić information content (AvgIpc) is 3.04. The number of rotatable bonds is 4. The molecule has 0 saturated heterocycles. The lowest BCUT2D eigenvalue weighted by Crippen LogP contribution is -2.44. The van der Waals surface area contributed by atoms with Crippen molar-refractivity contribution in [2.75, 3.05) is 13.7 Å². The maximum atomic E-state index is 12.4. The van der Waals surface area contributed by atoms with E-state index in [1.807, 2.05) is 6.08 Å². The largest absolute Gasteiger partial charge is 0.489 e. The predicted molar refractivity (Wildman–Crippen MR) is 107 cm³/mol. The quantitative estimate of drug-likeness (QED) is 0.541. The van der Waals surface area contributed by atoms with Crippen LogP contribution in [-0.2, 0) is 16.0 Å². The predicted octanol–water partition coefficient (Wildman–Crippen LogP) is 5.21. The molecule has 3 nitrogen and oxygen atoms in total. The van der Waals surface area contributed by atoms with Gasteiger partial charge in [-0.05, 0) is 85.8 Å². The van der Waals surface area contributed by atoms with Crippen LogP contribution >= 0.6 is 0 Å². The van der Waals surface area contributed by atoms with E-state index in [0.717, 1.165) is 37.9 Å². The summed E-state index contributed by atoms with van der Waals surface area (Å²) in [5, 5.41) is 0. The Labute approximate surface area is 163 Å². The summed E-state index contributed by atoms with van der Waals surface area (Å²) < 4.78 is 11.2. The summed E-state index contributed by atoms with van der Waals surface area (Å²) in [5.41, 5.74) is 4.44. The van der Waals surface area contributed by atoms with Gasteiger partial charge in [0, 0.05) is 5.56 Å². The normalized spacial score (nSPS) is 34.2. The summed E-state index contributed by atoms with van der Waals surface area (Å²) in [6.07, 6.45) is 8.57. The number of methoxy groups -OCH3 is 1. The van der Waals surface area contributed by atoms with Gasteiger partial charge in [0.1, 0.15) is 12.4 Å². The zero-order valence-corrected chi connectivity index (χ0v) is 16.9. The Bertz CT molecular complexity index is 752. The zero-order chi connectivity index (χ0) is 19.2. The van der Waals surface area contributed by atoms with Gasteiger partial charge in [-0.2, -0.15) is 0 Å². The van der Waals surface area contributed by atoms with Gasteiger partial charge in [0.25, 0.3) is 0 Å². The van der Waals surface area contributed by atoms with Crippen molar-refractivity contribution >= 4 is 5.97 Å². The maximum absolute atomic E-state index is 12.4. The molecule has 3 aliphatic carbocycles. The summed E-state index contributed by atoms with van der Waals surface area (Å²) in [7, 11) is 1.54. The molecule has 1 aromatic carbocycles. The Balaban J connectivity index is 1.69. The second-order valence-corrected chi connectivity index (χ2v) is 8.99. The van der Waals surface area contributed by atoms with Crippen LogP contribution in [0.3, 0.4) is 0 Å². The van der Waals surface area contributed by atoms with Crippen LogP contribution in [0.15, 0.2) is 24.8 Å². The van der Waals surface area contributed by atoms with Crippen LogP contribution in [0.4, 0.5) is 0 Å². The molecule has 0 bridgehead atoms. The van der Waals surface area contributed by atoms with Crippen molar-refractivity contribution in [3.8, 4) is 5.75 Å². The fourth-order valence-electron chi connectivity index (χ4n) is 6.65. The van der Waals surface area contributed by atoms with Crippen LogP contribution in [-0.4, -0.2) is 19.7 Å². The van der Waals surface area contributed by atoms with E-state index in [1.54, 1.807) is 0 Å². The van der Waals surface area contributed by atoms with Crippen LogP contribution in [0.5, 0.6) is 5.75 Å². The Morgan fingerprint density at radius 2 is 2.11 bits per heavy atom. The minimum atomic E-state index is 0.000472. The lowest BCUT2D eigenvalue weighted by Gasteiger charge is -2.50. The Morgan fingerprint density at radius 1 is 1.30 bits per heavy atom. The molecule has 0 radical (unpaired) electrons. The zero-order valence-electron chi connectivity index (χ0n) is 16.9. The van der Waals surface area contributed by atoms with Crippen molar-refractivity contribution in [3.63, 3.8) is 0 Å². The molecule has 146 valence electrons. The molecular formula is C24H32O3. The van der Waals surface area contributed by atoms with Crippen LogP contribution < -0.4 is 4.74 Å². The van der Waals surface area contributed by atoms with Gasteiger partial charge in [0.15, 0.2) is 0 Å². The fourth-order valence-corrected chi connectivity index (χ4v) is 6.65. The molecule has 1 aromatic rings.